The highest BCUT2D eigenvalue weighted by Crippen LogP contribution is 2.33. The second-order valence-corrected chi connectivity index (χ2v) is 6.26. The minimum absolute atomic E-state index is 0.0655. The molecule has 1 saturated carbocycles. The van der Waals surface area contributed by atoms with Gasteiger partial charge in [-0.2, -0.15) is 0 Å². The zero-order valence-electron chi connectivity index (χ0n) is 12.3. The van der Waals surface area contributed by atoms with Gasteiger partial charge >= 0.3 is 0 Å². The van der Waals surface area contributed by atoms with Crippen LogP contribution in [0.1, 0.15) is 50.3 Å². The minimum atomic E-state index is 0.0655. The lowest BCUT2D eigenvalue weighted by Gasteiger charge is -2.24. The van der Waals surface area contributed by atoms with Gasteiger partial charge in [0.2, 0.25) is 0 Å². The number of ketones is 1. The zero-order chi connectivity index (χ0) is 13.9. The van der Waals surface area contributed by atoms with Gasteiger partial charge in [0.25, 0.3) is 0 Å². The second kappa shape index (κ2) is 6.04. The summed E-state index contributed by atoms with van der Waals surface area (Å²) in [5, 5.41) is 3.56. The SMILES string of the molecule is CCc1ccc(CC(=O)C2CC3CCCCC3N2)nc1. The standard InChI is InChI=1S/C17H24N2O/c1-2-12-7-8-14(18-11-12)10-17(20)16-9-13-5-3-4-6-15(13)19-16/h7-8,11,13,15-16,19H,2-6,9-10H2,1H3. The molecule has 0 amide bonds. The second-order valence-electron chi connectivity index (χ2n) is 6.26. The smallest absolute Gasteiger partial charge is 0.155 e. The van der Waals surface area contributed by atoms with Gasteiger partial charge in [0, 0.05) is 17.9 Å². The van der Waals surface area contributed by atoms with Gasteiger partial charge < -0.3 is 5.32 Å². The summed E-state index contributed by atoms with van der Waals surface area (Å²) >= 11 is 0. The van der Waals surface area contributed by atoms with Crippen LogP contribution in [0.4, 0.5) is 0 Å². The number of fused-ring (bicyclic) bond motifs is 1. The summed E-state index contributed by atoms with van der Waals surface area (Å²) in [6.07, 6.45) is 9.60. The van der Waals surface area contributed by atoms with Gasteiger partial charge in [-0.1, -0.05) is 25.8 Å². The number of nitrogens with one attached hydrogen (secondary N) is 1. The lowest BCUT2D eigenvalue weighted by atomic mass is 9.84. The van der Waals surface area contributed by atoms with Crippen LogP contribution in [0.3, 0.4) is 0 Å². The van der Waals surface area contributed by atoms with Gasteiger partial charge in [0.15, 0.2) is 5.78 Å². The first kappa shape index (κ1) is 13.7. The number of carbonyl (C=O) groups is 1. The fourth-order valence-electron chi connectivity index (χ4n) is 3.63. The quantitative estimate of drug-likeness (QED) is 0.916. The molecule has 1 aliphatic heterocycles. The maximum Gasteiger partial charge on any atom is 0.155 e. The van der Waals surface area contributed by atoms with Crippen LogP contribution in [0, 0.1) is 5.92 Å². The minimum Gasteiger partial charge on any atom is -0.304 e. The van der Waals surface area contributed by atoms with Crippen LogP contribution >= 0.6 is 0 Å². The molecule has 2 heterocycles. The molecule has 0 radical (unpaired) electrons. The molecule has 108 valence electrons. The van der Waals surface area contributed by atoms with E-state index >= 15 is 0 Å². The van der Waals surface area contributed by atoms with Crippen LogP contribution in [-0.2, 0) is 17.6 Å². The first-order valence-corrected chi connectivity index (χ1v) is 7.99. The molecule has 1 N–H and O–H groups in total. The fourth-order valence-corrected chi connectivity index (χ4v) is 3.63. The summed E-state index contributed by atoms with van der Waals surface area (Å²) in [6, 6.07) is 4.74. The van der Waals surface area contributed by atoms with Gasteiger partial charge in [-0.3, -0.25) is 9.78 Å². The Kier molecular flexibility index (Phi) is 4.16. The number of hydrogen-bond donors (Lipinski definition) is 1. The molecular formula is C17H24N2O. The highest BCUT2D eigenvalue weighted by Gasteiger charge is 2.37. The molecule has 3 heteroatoms. The summed E-state index contributed by atoms with van der Waals surface area (Å²) < 4.78 is 0. The molecule has 0 bridgehead atoms. The summed E-state index contributed by atoms with van der Waals surface area (Å²) in [7, 11) is 0. The Hall–Kier alpha value is -1.22. The molecule has 1 aromatic heterocycles. The Morgan fingerprint density at radius 2 is 2.20 bits per heavy atom. The molecule has 1 saturated heterocycles. The number of rotatable bonds is 4. The van der Waals surface area contributed by atoms with Crippen LogP contribution in [0.5, 0.6) is 0 Å². The highest BCUT2D eigenvalue weighted by molar-refractivity contribution is 5.86. The van der Waals surface area contributed by atoms with E-state index in [1.807, 2.05) is 12.3 Å². The molecule has 3 atom stereocenters. The van der Waals surface area contributed by atoms with Crippen molar-refractivity contribution in [1.82, 2.24) is 10.3 Å². The third kappa shape index (κ3) is 2.93. The van der Waals surface area contributed by atoms with E-state index in [0.717, 1.165) is 24.5 Å². The fraction of sp³-hybridized carbons (Fsp3) is 0.647. The van der Waals surface area contributed by atoms with Crippen molar-refractivity contribution in [1.29, 1.82) is 0 Å². The van der Waals surface area contributed by atoms with E-state index in [1.165, 1.54) is 31.2 Å². The zero-order valence-corrected chi connectivity index (χ0v) is 12.3. The van der Waals surface area contributed by atoms with E-state index in [0.29, 0.717) is 18.2 Å². The van der Waals surface area contributed by atoms with Crippen LogP contribution in [0.2, 0.25) is 0 Å². The average Bonchev–Trinajstić information content (AvgIpc) is 2.92. The van der Waals surface area contributed by atoms with Crippen molar-refractivity contribution in [3.05, 3.63) is 29.6 Å². The van der Waals surface area contributed by atoms with Crippen molar-refractivity contribution in [3.8, 4) is 0 Å². The van der Waals surface area contributed by atoms with E-state index in [2.05, 4.69) is 23.3 Å². The van der Waals surface area contributed by atoms with Gasteiger partial charge in [-0.25, -0.2) is 0 Å². The molecule has 3 nitrogen and oxygen atoms in total. The Morgan fingerprint density at radius 3 is 2.90 bits per heavy atom. The number of aromatic nitrogens is 1. The number of carbonyl (C=O) groups excluding carboxylic acids is 1. The molecule has 3 unspecified atom stereocenters. The van der Waals surface area contributed by atoms with Crippen LogP contribution in [-0.4, -0.2) is 22.9 Å². The topological polar surface area (TPSA) is 42.0 Å². The maximum atomic E-state index is 12.4. The number of Topliss-reactive ketones (excluding diaryl/α,β-unsaturated/α-hetero) is 1. The van der Waals surface area contributed by atoms with E-state index in [9.17, 15) is 4.79 Å². The summed E-state index contributed by atoms with van der Waals surface area (Å²) in [6.45, 7) is 2.12. The van der Waals surface area contributed by atoms with Gasteiger partial charge in [0.1, 0.15) is 0 Å². The van der Waals surface area contributed by atoms with E-state index in [1.54, 1.807) is 0 Å². The molecule has 1 aliphatic carbocycles. The van der Waals surface area contributed by atoms with Gasteiger partial charge in [-0.05, 0) is 43.2 Å². The van der Waals surface area contributed by atoms with Crippen LogP contribution in [0.15, 0.2) is 18.3 Å². The Labute approximate surface area is 121 Å². The summed E-state index contributed by atoms with van der Waals surface area (Å²) in [4.78, 5) is 16.8. The average molecular weight is 272 g/mol. The summed E-state index contributed by atoms with van der Waals surface area (Å²) in [5.41, 5.74) is 2.13. The van der Waals surface area contributed by atoms with Crippen molar-refractivity contribution in [3.63, 3.8) is 0 Å². The van der Waals surface area contributed by atoms with Gasteiger partial charge in [0.05, 0.1) is 12.5 Å². The first-order chi connectivity index (χ1) is 9.76. The highest BCUT2D eigenvalue weighted by atomic mass is 16.1. The Balaban J connectivity index is 1.59. The monoisotopic (exact) mass is 272 g/mol. The predicted molar refractivity (Wildman–Crippen MR) is 79.6 cm³/mol. The molecule has 1 aromatic rings. The third-order valence-corrected chi connectivity index (χ3v) is 4.90. The van der Waals surface area contributed by atoms with Crippen molar-refractivity contribution in [2.24, 2.45) is 5.92 Å². The molecule has 2 aliphatic rings. The van der Waals surface area contributed by atoms with Crippen molar-refractivity contribution in [2.75, 3.05) is 0 Å². The lowest BCUT2D eigenvalue weighted by molar-refractivity contribution is -0.120. The molecule has 0 spiro atoms. The molecular weight excluding hydrogens is 248 g/mol. The lowest BCUT2D eigenvalue weighted by Crippen LogP contribution is -2.37. The number of aryl methyl sites for hydroxylation is 1. The number of hydrogen-bond acceptors (Lipinski definition) is 3. The van der Waals surface area contributed by atoms with E-state index in [-0.39, 0.29) is 6.04 Å². The van der Waals surface area contributed by atoms with Crippen molar-refractivity contribution < 1.29 is 4.79 Å². The molecule has 3 rings (SSSR count). The molecule has 2 fully saturated rings. The largest absolute Gasteiger partial charge is 0.304 e. The van der Waals surface area contributed by atoms with Crippen molar-refractivity contribution in [2.45, 2.75) is 64.0 Å². The summed E-state index contributed by atoms with van der Waals surface area (Å²) in [5.74, 6) is 1.05. The maximum absolute atomic E-state index is 12.4. The van der Waals surface area contributed by atoms with E-state index < -0.39 is 0 Å². The van der Waals surface area contributed by atoms with Crippen LogP contribution < -0.4 is 5.32 Å². The number of pyridine rings is 1. The van der Waals surface area contributed by atoms with Crippen molar-refractivity contribution >= 4 is 5.78 Å². The molecule has 0 aromatic carbocycles. The van der Waals surface area contributed by atoms with Gasteiger partial charge in [-0.15, -0.1) is 0 Å². The normalized spacial score (nSPS) is 29.1. The molecule has 20 heavy (non-hydrogen) atoms. The predicted octanol–water partition coefficient (Wildman–Crippen LogP) is 2.68. The number of nitrogens with zero attached hydrogens (tertiary/aromatic N) is 1. The van der Waals surface area contributed by atoms with E-state index in [4.69, 9.17) is 0 Å². The Bertz CT molecular complexity index is 454. The third-order valence-electron chi connectivity index (χ3n) is 4.90. The first-order valence-electron chi connectivity index (χ1n) is 7.99. The van der Waals surface area contributed by atoms with Crippen LogP contribution in [0.25, 0.3) is 0 Å². The Morgan fingerprint density at radius 1 is 1.35 bits per heavy atom.